The fourth-order valence-electron chi connectivity index (χ4n) is 8.57. The molecule has 0 heterocycles. The third kappa shape index (κ3) is 3.36. The van der Waals surface area contributed by atoms with Gasteiger partial charge < -0.3 is 10.2 Å². The minimum atomic E-state index is -0.479. The van der Waals surface area contributed by atoms with Crippen LogP contribution in [0.1, 0.15) is 105 Å². The molecule has 0 aromatic rings. The maximum atomic E-state index is 12.1. The smallest absolute Gasteiger partial charge is 0.0729 e. The molecule has 2 N–H and O–H groups in total. The first-order valence-corrected chi connectivity index (χ1v) is 12.7. The van der Waals surface area contributed by atoms with E-state index in [9.17, 15) is 10.2 Å². The molecule has 3 fully saturated rings. The van der Waals surface area contributed by atoms with Crippen LogP contribution in [0.15, 0.2) is 11.6 Å². The lowest BCUT2D eigenvalue weighted by atomic mass is 9.46. The summed E-state index contributed by atoms with van der Waals surface area (Å²) in [6.45, 7) is 11.9. The van der Waals surface area contributed by atoms with Crippen LogP contribution in [0.2, 0.25) is 0 Å². The van der Waals surface area contributed by atoms with Crippen LogP contribution in [0.25, 0.3) is 0 Å². The maximum absolute atomic E-state index is 12.1. The van der Waals surface area contributed by atoms with E-state index in [1.807, 2.05) is 0 Å². The normalized spacial score (nSPS) is 47.9. The van der Waals surface area contributed by atoms with Crippen molar-refractivity contribution in [2.45, 2.75) is 117 Å². The summed E-state index contributed by atoms with van der Waals surface area (Å²) in [5.74, 6) is 3.32. The molecule has 0 aromatic heterocycles. The predicted octanol–water partition coefficient (Wildman–Crippen LogP) is 6.50. The molecule has 0 saturated heterocycles. The van der Waals surface area contributed by atoms with Gasteiger partial charge in [0.2, 0.25) is 0 Å². The number of fused-ring (bicyclic) bond motifs is 5. The molecular formula is C27H46O2. The summed E-state index contributed by atoms with van der Waals surface area (Å²) < 4.78 is 0. The van der Waals surface area contributed by atoms with Crippen molar-refractivity contribution in [3.63, 3.8) is 0 Å². The van der Waals surface area contributed by atoms with Crippen LogP contribution in [0.4, 0.5) is 0 Å². The number of hydrogen-bond acceptors (Lipinski definition) is 2. The fraction of sp³-hybridized carbons (Fsp3) is 0.926. The largest absolute Gasteiger partial charge is 0.393 e. The molecule has 0 aromatic carbocycles. The second-order valence-corrected chi connectivity index (χ2v) is 12.3. The zero-order valence-electron chi connectivity index (χ0n) is 19.7. The Labute approximate surface area is 179 Å². The SMILES string of the molecule is CC(C)CCC[C@@H](C)[C@]1(O)CC[C@H]2[C@@H]3CC=C4C[C@H](O)CC[C@]4(C)[C@H]3CC[C@@]21C. The molecular weight excluding hydrogens is 356 g/mol. The molecule has 0 aliphatic heterocycles. The van der Waals surface area contributed by atoms with E-state index in [0.717, 1.165) is 43.4 Å². The van der Waals surface area contributed by atoms with Gasteiger partial charge in [-0.3, -0.25) is 0 Å². The van der Waals surface area contributed by atoms with E-state index < -0.39 is 5.60 Å². The Morgan fingerprint density at radius 2 is 1.72 bits per heavy atom. The monoisotopic (exact) mass is 402 g/mol. The van der Waals surface area contributed by atoms with Crippen molar-refractivity contribution in [3.05, 3.63) is 11.6 Å². The zero-order chi connectivity index (χ0) is 21.0. The molecule has 4 rings (SSSR count). The van der Waals surface area contributed by atoms with Crippen LogP contribution in [-0.4, -0.2) is 21.9 Å². The second kappa shape index (κ2) is 7.66. The molecule has 4 aliphatic rings. The lowest BCUT2D eigenvalue weighted by Gasteiger charge is -2.59. The van der Waals surface area contributed by atoms with Gasteiger partial charge in [-0.25, -0.2) is 0 Å². The number of rotatable bonds is 5. The van der Waals surface area contributed by atoms with Gasteiger partial charge in [-0.2, -0.15) is 0 Å². The first-order valence-electron chi connectivity index (χ1n) is 12.7. The van der Waals surface area contributed by atoms with Crippen LogP contribution < -0.4 is 0 Å². The van der Waals surface area contributed by atoms with E-state index in [2.05, 4.69) is 40.7 Å². The number of allylic oxidation sites excluding steroid dienone is 1. The standard InChI is InChI=1S/C27H46O2/c1-18(2)7-6-8-19(3)27(29)16-13-24-22-10-9-20-17-21(28)11-14-25(20,4)23(22)12-15-26(24,27)5/h9,18-19,21-24,28-29H,6-8,10-17H2,1-5H3/t19-,21-,22-,23+,24+,25+,26+,27-/m1/s1. The highest BCUT2D eigenvalue weighted by Crippen LogP contribution is 2.68. The summed E-state index contributed by atoms with van der Waals surface area (Å²) in [6.07, 6.45) is 15.0. The molecule has 29 heavy (non-hydrogen) atoms. The van der Waals surface area contributed by atoms with E-state index in [1.165, 1.54) is 44.9 Å². The fourth-order valence-corrected chi connectivity index (χ4v) is 8.57. The average molecular weight is 403 g/mol. The lowest BCUT2D eigenvalue weighted by molar-refractivity contribution is -0.150. The number of aliphatic hydroxyl groups is 2. The zero-order valence-corrected chi connectivity index (χ0v) is 19.7. The van der Waals surface area contributed by atoms with Crippen molar-refractivity contribution in [2.75, 3.05) is 0 Å². The Morgan fingerprint density at radius 3 is 2.45 bits per heavy atom. The average Bonchev–Trinajstić information content (AvgIpc) is 2.94. The molecule has 2 heteroatoms. The van der Waals surface area contributed by atoms with E-state index in [-0.39, 0.29) is 11.5 Å². The third-order valence-electron chi connectivity index (χ3n) is 10.5. The Balaban J connectivity index is 1.54. The minimum absolute atomic E-state index is 0.0846. The van der Waals surface area contributed by atoms with Crippen molar-refractivity contribution in [1.29, 1.82) is 0 Å². The van der Waals surface area contributed by atoms with Gasteiger partial charge in [0.1, 0.15) is 0 Å². The second-order valence-electron chi connectivity index (χ2n) is 12.3. The van der Waals surface area contributed by atoms with Gasteiger partial charge in [0, 0.05) is 0 Å². The Morgan fingerprint density at radius 1 is 1.00 bits per heavy atom. The topological polar surface area (TPSA) is 40.5 Å². The summed E-state index contributed by atoms with van der Waals surface area (Å²) in [4.78, 5) is 0. The molecule has 0 unspecified atom stereocenters. The highest BCUT2D eigenvalue weighted by atomic mass is 16.3. The van der Waals surface area contributed by atoms with Gasteiger partial charge in [0.05, 0.1) is 11.7 Å². The third-order valence-corrected chi connectivity index (χ3v) is 10.5. The molecule has 166 valence electrons. The van der Waals surface area contributed by atoms with Crippen LogP contribution in [-0.2, 0) is 0 Å². The van der Waals surface area contributed by atoms with Crippen LogP contribution >= 0.6 is 0 Å². The van der Waals surface area contributed by atoms with Crippen LogP contribution in [0, 0.1) is 40.4 Å². The molecule has 0 bridgehead atoms. The van der Waals surface area contributed by atoms with E-state index >= 15 is 0 Å². The lowest BCUT2D eigenvalue weighted by Crippen LogP contribution is -2.56. The van der Waals surface area contributed by atoms with E-state index in [0.29, 0.717) is 17.3 Å². The van der Waals surface area contributed by atoms with Crippen molar-refractivity contribution >= 4 is 0 Å². The molecule has 4 aliphatic carbocycles. The molecule has 3 saturated carbocycles. The molecule has 2 nitrogen and oxygen atoms in total. The van der Waals surface area contributed by atoms with Crippen molar-refractivity contribution in [2.24, 2.45) is 40.4 Å². The van der Waals surface area contributed by atoms with Crippen LogP contribution in [0.3, 0.4) is 0 Å². The first-order chi connectivity index (χ1) is 13.6. The number of aliphatic hydroxyl groups excluding tert-OH is 1. The van der Waals surface area contributed by atoms with Crippen molar-refractivity contribution in [1.82, 2.24) is 0 Å². The molecule has 0 spiro atoms. The van der Waals surface area contributed by atoms with Gasteiger partial charge in [-0.05, 0) is 98.2 Å². The highest BCUT2D eigenvalue weighted by molar-refractivity contribution is 5.26. The van der Waals surface area contributed by atoms with Gasteiger partial charge in [0.25, 0.3) is 0 Å². The summed E-state index contributed by atoms with van der Waals surface area (Å²) in [5, 5.41) is 22.3. The summed E-state index contributed by atoms with van der Waals surface area (Å²) in [5.41, 5.74) is 1.46. The summed E-state index contributed by atoms with van der Waals surface area (Å²) in [7, 11) is 0. The predicted molar refractivity (Wildman–Crippen MR) is 121 cm³/mol. The van der Waals surface area contributed by atoms with Gasteiger partial charge in [-0.15, -0.1) is 0 Å². The Kier molecular flexibility index (Phi) is 5.78. The van der Waals surface area contributed by atoms with E-state index in [1.54, 1.807) is 5.57 Å². The Hall–Kier alpha value is -0.340. The maximum Gasteiger partial charge on any atom is 0.0729 e. The molecule has 0 amide bonds. The first kappa shape index (κ1) is 21.9. The van der Waals surface area contributed by atoms with Gasteiger partial charge in [-0.1, -0.05) is 59.1 Å². The van der Waals surface area contributed by atoms with Gasteiger partial charge >= 0.3 is 0 Å². The Bertz CT molecular complexity index is 638. The number of hydrogen-bond donors (Lipinski definition) is 2. The molecule has 0 radical (unpaired) electrons. The van der Waals surface area contributed by atoms with Crippen LogP contribution in [0.5, 0.6) is 0 Å². The summed E-state index contributed by atoms with van der Waals surface area (Å²) in [6, 6.07) is 0. The van der Waals surface area contributed by atoms with Crippen molar-refractivity contribution < 1.29 is 10.2 Å². The van der Waals surface area contributed by atoms with Crippen molar-refractivity contribution in [3.8, 4) is 0 Å². The highest BCUT2D eigenvalue weighted by Gasteiger charge is 2.64. The summed E-state index contributed by atoms with van der Waals surface area (Å²) >= 11 is 0. The van der Waals surface area contributed by atoms with E-state index in [4.69, 9.17) is 0 Å². The quantitative estimate of drug-likeness (QED) is 0.515. The minimum Gasteiger partial charge on any atom is -0.393 e. The molecule has 8 atom stereocenters. The van der Waals surface area contributed by atoms with Gasteiger partial charge in [0.15, 0.2) is 0 Å².